The Morgan fingerprint density at radius 2 is 1.61 bits per heavy atom. The van der Waals surface area contributed by atoms with Gasteiger partial charge in [0.05, 0.1) is 17.7 Å². The van der Waals surface area contributed by atoms with Crippen LogP contribution in [-0.4, -0.2) is 23.6 Å². The maximum absolute atomic E-state index is 14.1. The standard InChI is InChI=1S/C26H27F6N5O2.C2H6/c1-15-5-7-16(8-6-15)19-14-21(35-24(38)22(19)23(36-33)37-34)18-10-9-17(13-20(18)26(30,31)32)39-12-4-2-3-11-25(27,28)29;1-2/h5-10,13-14H,2-4,11-12,33-34H2,1H3,(H,35,38)(H,36,37);1-2H3. The Kier molecular flexibility index (Phi) is 11.8. The van der Waals surface area contributed by atoms with Gasteiger partial charge >= 0.3 is 12.4 Å². The fourth-order valence-corrected chi connectivity index (χ4v) is 3.95. The number of benzene rings is 2. The van der Waals surface area contributed by atoms with Crippen molar-refractivity contribution < 1.29 is 31.1 Å². The normalized spacial score (nSPS) is 12.0. The number of hydrogen-bond acceptors (Lipinski definition) is 5. The Morgan fingerprint density at radius 1 is 0.951 bits per heavy atom. The first-order chi connectivity index (χ1) is 19.3. The van der Waals surface area contributed by atoms with E-state index in [0.29, 0.717) is 5.56 Å². The molecule has 0 radical (unpaired) electrons. The van der Waals surface area contributed by atoms with Crippen molar-refractivity contribution in [3.63, 3.8) is 0 Å². The molecule has 2 aromatic carbocycles. The average molecular weight is 586 g/mol. The second-order valence-corrected chi connectivity index (χ2v) is 8.77. The summed E-state index contributed by atoms with van der Waals surface area (Å²) in [6.07, 6.45) is -9.64. The second-order valence-electron chi connectivity index (χ2n) is 8.77. The van der Waals surface area contributed by atoms with Gasteiger partial charge in [0.15, 0.2) is 5.84 Å². The van der Waals surface area contributed by atoms with E-state index in [-0.39, 0.29) is 59.8 Å². The molecule has 1 aromatic heterocycles. The topological polar surface area (TPSA) is 119 Å². The largest absolute Gasteiger partial charge is 0.494 e. The van der Waals surface area contributed by atoms with E-state index in [9.17, 15) is 31.1 Å². The zero-order valence-corrected chi connectivity index (χ0v) is 22.8. The van der Waals surface area contributed by atoms with Crippen molar-refractivity contribution in [2.24, 2.45) is 16.8 Å². The van der Waals surface area contributed by atoms with Crippen molar-refractivity contribution >= 4 is 5.84 Å². The molecular formula is C28H33F6N5O2. The number of halogens is 6. The molecule has 3 rings (SSSR count). The van der Waals surface area contributed by atoms with E-state index in [0.717, 1.165) is 17.7 Å². The van der Waals surface area contributed by atoms with Crippen molar-refractivity contribution in [1.29, 1.82) is 0 Å². The van der Waals surface area contributed by atoms with Gasteiger partial charge in [0.2, 0.25) is 0 Å². The predicted octanol–water partition coefficient (Wildman–Crippen LogP) is 6.65. The summed E-state index contributed by atoms with van der Waals surface area (Å²) in [4.78, 5) is 15.5. The summed E-state index contributed by atoms with van der Waals surface area (Å²) >= 11 is 0. The van der Waals surface area contributed by atoms with Gasteiger partial charge in [-0.1, -0.05) is 43.7 Å². The van der Waals surface area contributed by atoms with Crippen LogP contribution in [0.1, 0.15) is 56.2 Å². The fraction of sp³-hybridized carbons (Fsp3) is 0.357. The maximum atomic E-state index is 14.1. The minimum Gasteiger partial charge on any atom is -0.494 e. The van der Waals surface area contributed by atoms with Crippen LogP contribution in [-0.2, 0) is 6.18 Å². The molecule has 41 heavy (non-hydrogen) atoms. The van der Waals surface area contributed by atoms with Gasteiger partial charge in [0, 0.05) is 23.2 Å². The van der Waals surface area contributed by atoms with Crippen LogP contribution in [0.25, 0.3) is 22.4 Å². The SMILES string of the molecule is CC.Cc1ccc(-c2cc(-c3ccc(OCCCCCC(F)(F)F)cc3C(F)(F)F)[nH]c(=O)c2/C(=N/N)NN)cc1. The van der Waals surface area contributed by atoms with Crippen molar-refractivity contribution in [1.82, 2.24) is 10.4 Å². The van der Waals surface area contributed by atoms with Crippen molar-refractivity contribution in [2.75, 3.05) is 6.61 Å². The Labute approximate surface area is 233 Å². The third kappa shape index (κ3) is 9.27. The van der Waals surface area contributed by atoms with Crippen molar-refractivity contribution in [2.45, 2.75) is 58.8 Å². The first kappa shape index (κ1) is 33.2. The minimum absolute atomic E-state index is 0.0507. The Bertz CT molecular complexity index is 1370. The number of H-pyrrole nitrogens is 1. The molecule has 0 saturated heterocycles. The molecule has 0 aliphatic rings. The molecular weight excluding hydrogens is 552 g/mol. The van der Waals surface area contributed by atoms with E-state index in [1.807, 2.05) is 20.8 Å². The molecule has 0 unspecified atom stereocenters. The molecule has 0 aliphatic heterocycles. The lowest BCUT2D eigenvalue weighted by atomic mass is 9.95. The van der Waals surface area contributed by atoms with Gasteiger partial charge in [-0.05, 0) is 56.0 Å². The van der Waals surface area contributed by atoms with Gasteiger partial charge in [-0.15, -0.1) is 0 Å². The molecule has 0 fully saturated rings. The smallest absolute Gasteiger partial charge is 0.417 e. The van der Waals surface area contributed by atoms with Gasteiger partial charge in [0.25, 0.3) is 5.56 Å². The van der Waals surface area contributed by atoms with Crippen LogP contribution in [0.5, 0.6) is 5.75 Å². The highest BCUT2D eigenvalue weighted by Gasteiger charge is 2.35. The number of ether oxygens (including phenoxy) is 1. The Balaban J connectivity index is 0.00000287. The van der Waals surface area contributed by atoms with E-state index in [1.54, 1.807) is 24.3 Å². The van der Waals surface area contributed by atoms with E-state index in [1.165, 1.54) is 12.1 Å². The fourth-order valence-electron chi connectivity index (χ4n) is 3.95. The number of nitrogens with zero attached hydrogens (tertiary/aromatic N) is 1. The van der Waals surface area contributed by atoms with Crippen molar-refractivity contribution in [3.05, 3.63) is 75.6 Å². The van der Waals surface area contributed by atoms with E-state index in [2.05, 4.69) is 15.5 Å². The number of nitrogens with two attached hydrogens (primary N) is 2. The van der Waals surface area contributed by atoms with Crippen LogP contribution >= 0.6 is 0 Å². The van der Waals surface area contributed by atoms with E-state index >= 15 is 0 Å². The van der Waals surface area contributed by atoms with Gasteiger partial charge < -0.3 is 21.0 Å². The average Bonchev–Trinajstić information content (AvgIpc) is 2.92. The molecule has 0 bridgehead atoms. The van der Waals surface area contributed by atoms with Gasteiger partial charge in [-0.3, -0.25) is 4.79 Å². The minimum atomic E-state index is -4.82. The van der Waals surface area contributed by atoms with Crippen LogP contribution in [0.4, 0.5) is 26.3 Å². The van der Waals surface area contributed by atoms with Gasteiger partial charge in [-0.2, -0.15) is 31.4 Å². The lowest BCUT2D eigenvalue weighted by Crippen LogP contribution is -2.37. The summed E-state index contributed by atoms with van der Waals surface area (Å²) in [5.74, 6) is 10.6. The first-order valence-electron chi connectivity index (χ1n) is 12.8. The summed E-state index contributed by atoms with van der Waals surface area (Å²) in [7, 11) is 0. The quantitative estimate of drug-likeness (QED) is 0.0560. The number of pyridine rings is 1. The van der Waals surface area contributed by atoms with Gasteiger partial charge in [0.1, 0.15) is 5.75 Å². The monoisotopic (exact) mass is 585 g/mol. The molecule has 0 atom stereocenters. The summed E-state index contributed by atoms with van der Waals surface area (Å²) < 4.78 is 84.3. The highest BCUT2D eigenvalue weighted by molar-refractivity contribution is 6.04. The van der Waals surface area contributed by atoms with Crippen molar-refractivity contribution in [3.8, 4) is 28.1 Å². The number of amidine groups is 1. The summed E-state index contributed by atoms with van der Waals surface area (Å²) in [5, 5.41) is 3.48. The molecule has 13 heteroatoms. The predicted molar refractivity (Wildman–Crippen MR) is 147 cm³/mol. The molecule has 0 spiro atoms. The Hall–Kier alpha value is -4.00. The van der Waals surface area contributed by atoms with Crippen LogP contribution < -0.4 is 27.4 Å². The van der Waals surface area contributed by atoms with E-state index in [4.69, 9.17) is 16.4 Å². The lowest BCUT2D eigenvalue weighted by molar-refractivity contribution is -0.137. The Morgan fingerprint density at radius 3 is 2.17 bits per heavy atom. The molecule has 0 saturated carbocycles. The van der Waals surface area contributed by atoms with Crippen LogP contribution in [0.15, 0.2) is 58.4 Å². The first-order valence-corrected chi connectivity index (χ1v) is 12.8. The molecule has 224 valence electrons. The number of rotatable bonds is 9. The molecule has 7 nitrogen and oxygen atoms in total. The zero-order chi connectivity index (χ0) is 30.8. The molecule has 0 amide bonds. The summed E-state index contributed by atoms with van der Waals surface area (Å²) in [5.41, 5.74) is 1.54. The second kappa shape index (κ2) is 14.6. The number of hydrazone groups is 1. The van der Waals surface area contributed by atoms with Gasteiger partial charge in [-0.25, -0.2) is 5.84 Å². The zero-order valence-electron chi connectivity index (χ0n) is 22.8. The van der Waals surface area contributed by atoms with Crippen LogP contribution in [0.3, 0.4) is 0 Å². The number of aromatic amines is 1. The molecule has 1 heterocycles. The maximum Gasteiger partial charge on any atom is 0.417 e. The highest BCUT2D eigenvalue weighted by Crippen LogP contribution is 2.39. The molecule has 6 N–H and O–H groups in total. The summed E-state index contributed by atoms with van der Waals surface area (Å²) in [6, 6.07) is 11.5. The number of nitrogens with one attached hydrogen (secondary N) is 2. The number of alkyl halides is 6. The number of aromatic nitrogens is 1. The summed E-state index contributed by atoms with van der Waals surface area (Å²) in [6.45, 7) is 5.80. The lowest BCUT2D eigenvalue weighted by Gasteiger charge is -2.17. The number of aryl methyl sites for hydroxylation is 1. The third-order valence-electron chi connectivity index (χ3n) is 5.86. The highest BCUT2D eigenvalue weighted by atomic mass is 19.4. The number of unbranched alkanes of at least 4 members (excludes halogenated alkanes) is 2. The number of hydrogen-bond donors (Lipinski definition) is 4. The van der Waals surface area contributed by atoms with E-state index < -0.39 is 29.9 Å². The molecule has 3 aromatic rings. The van der Waals surface area contributed by atoms with Crippen LogP contribution in [0.2, 0.25) is 0 Å². The van der Waals surface area contributed by atoms with Crippen LogP contribution in [0, 0.1) is 6.92 Å². The third-order valence-corrected chi connectivity index (χ3v) is 5.86. The number of hydrazine groups is 1. The molecule has 0 aliphatic carbocycles.